The molecule has 174 valence electrons. The van der Waals surface area contributed by atoms with Gasteiger partial charge in [0.25, 0.3) is 5.91 Å². The van der Waals surface area contributed by atoms with Crippen molar-refractivity contribution < 1.29 is 13.2 Å². The Kier molecular flexibility index (Phi) is 8.02. The van der Waals surface area contributed by atoms with Crippen molar-refractivity contribution in [2.45, 2.75) is 40.7 Å². The Morgan fingerprint density at radius 1 is 1.06 bits per heavy atom. The van der Waals surface area contributed by atoms with Gasteiger partial charge in [0.1, 0.15) is 0 Å². The second-order valence-corrected chi connectivity index (χ2v) is 12.1. The van der Waals surface area contributed by atoms with Crippen molar-refractivity contribution in [1.82, 2.24) is 14.5 Å². The van der Waals surface area contributed by atoms with Gasteiger partial charge in [-0.3, -0.25) is 10.1 Å². The first-order chi connectivity index (χ1) is 15.9. The van der Waals surface area contributed by atoms with Gasteiger partial charge in [0.05, 0.1) is 15.5 Å². The predicted octanol–water partition coefficient (Wildman–Crippen LogP) is 5.30. The van der Waals surface area contributed by atoms with Crippen LogP contribution in [0.4, 0.5) is 5.13 Å². The maximum atomic E-state index is 13.1. The molecule has 2 aromatic carbocycles. The summed E-state index contributed by atoms with van der Waals surface area (Å²) in [6.45, 7) is 0.974. The molecule has 11 heteroatoms. The number of hydrogen-bond acceptors (Lipinski definition) is 7. The fourth-order valence-electron chi connectivity index (χ4n) is 3.47. The molecule has 1 aromatic heterocycles. The fraction of sp³-hybridized carbons (Fsp3) is 0.318. The van der Waals surface area contributed by atoms with E-state index in [0.717, 1.165) is 41.3 Å². The molecule has 1 aliphatic rings. The zero-order valence-electron chi connectivity index (χ0n) is 17.7. The predicted molar refractivity (Wildman–Crippen MR) is 133 cm³/mol. The smallest absolute Gasteiger partial charge is 0.259 e. The first kappa shape index (κ1) is 24.2. The highest BCUT2D eigenvalue weighted by Gasteiger charge is 2.27. The van der Waals surface area contributed by atoms with Gasteiger partial charge < -0.3 is 0 Å². The summed E-state index contributed by atoms with van der Waals surface area (Å²) in [5.41, 5.74) is 1.25. The van der Waals surface area contributed by atoms with E-state index in [2.05, 4.69) is 15.5 Å². The van der Waals surface area contributed by atoms with Gasteiger partial charge in [-0.15, -0.1) is 10.2 Å². The van der Waals surface area contributed by atoms with Crippen LogP contribution < -0.4 is 5.32 Å². The van der Waals surface area contributed by atoms with E-state index < -0.39 is 15.9 Å². The summed E-state index contributed by atoms with van der Waals surface area (Å²) >= 11 is 9.02. The molecule has 0 aliphatic carbocycles. The number of carbonyl (C=O) groups is 1. The molecule has 1 amide bonds. The van der Waals surface area contributed by atoms with E-state index >= 15 is 0 Å². The molecule has 1 N–H and O–H groups in total. The Bertz CT molecular complexity index is 1210. The van der Waals surface area contributed by atoms with Crippen molar-refractivity contribution in [3.05, 3.63) is 64.7 Å². The molecular weight excluding hydrogens is 500 g/mol. The summed E-state index contributed by atoms with van der Waals surface area (Å²) in [6.07, 6.45) is 3.71. The van der Waals surface area contributed by atoms with E-state index in [0.29, 0.717) is 18.2 Å². The van der Waals surface area contributed by atoms with E-state index in [-0.39, 0.29) is 15.5 Å². The number of sulfonamides is 1. The average Bonchev–Trinajstić information content (AvgIpc) is 3.07. The summed E-state index contributed by atoms with van der Waals surface area (Å²) in [5, 5.41) is 11.3. The first-order valence-corrected chi connectivity index (χ1v) is 14.2. The fourth-order valence-corrected chi connectivity index (χ4v) is 6.92. The molecule has 0 saturated carbocycles. The van der Waals surface area contributed by atoms with E-state index in [4.69, 9.17) is 11.6 Å². The third kappa shape index (κ3) is 6.13. The first-order valence-electron chi connectivity index (χ1n) is 10.5. The highest BCUT2D eigenvalue weighted by Crippen LogP contribution is 2.30. The zero-order valence-corrected chi connectivity index (χ0v) is 20.9. The monoisotopic (exact) mass is 522 g/mol. The lowest BCUT2D eigenvalue weighted by Gasteiger charge is -2.20. The number of carbonyl (C=O) groups excluding carboxylic acids is 1. The summed E-state index contributed by atoms with van der Waals surface area (Å²) in [6, 6.07) is 14.2. The molecule has 3 aromatic rings. The average molecular weight is 523 g/mol. The van der Waals surface area contributed by atoms with Gasteiger partial charge in [-0.05, 0) is 36.6 Å². The van der Waals surface area contributed by atoms with Crippen LogP contribution in [0.1, 0.15) is 41.6 Å². The van der Waals surface area contributed by atoms with Crippen LogP contribution in [0.25, 0.3) is 0 Å². The van der Waals surface area contributed by atoms with Gasteiger partial charge >= 0.3 is 0 Å². The number of benzene rings is 2. The van der Waals surface area contributed by atoms with Crippen LogP contribution in [0, 0.1) is 0 Å². The number of nitrogens with one attached hydrogen (secondary N) is 1. The Balaban J connectivity index is 1.46. The van der Waals surface area contributed by atoms with Crippen LogP contribution in [-0.4, -0.2) is 41.9 Å². The van der Waals surface area contributed by atoms with Gasteiger partial charge in [-0.2, -0.15) is 4.31 Å². The number of rotatable bonds is 7. The quantitative estimate of drug-likeness (QED) is 0.334. The molecule has 0 unspecified atom stereocenters. The Hall–Kier alpha value is -1.98. The number of aromatic nitrogens is 2. The summed E-state index contributed by atoms with van der Waals surface area (Å²) in [4.78, 5) is 12.9. The molecule has 1 fully saturated rings. The Morgan fingerprint density at radius 3 is 2.52 bits per heavy atom. The van der Waals surface area contributed by atoms with Gasteiger partial charge in [0.15, 0.2) is 4.34 Å². The zero-order chi connectivity index (χ0) is 23.3. The lowest BCUT2D eigenvalue weighted by atomic mass is 10.2. The van der Waals surface area contributed by atoms with E-state index in [1.807, 2.05) is 30.3 Å². The highest BCUT2D eigenvalue weighted by molar-refractivity contribution is 8.00. The molecule has 4 rings (SSSR count). The largest absolute Gasteiger partial charge is 0.296 e. The molecular formula is C22H23ClN4O3S3. The molecule has 0 bridgehead atoms. The highest BCUT2D eigenvalue weighted by atomic mass is 35.5. The minimum Gasteiger partial charge on any atom is -0.296 e. The standard InChI is InChI=1S/C22H23ClN4O3S3/c23-19-11-10-17(33(29,30)27-12-6-1-2-7-13-27)14-18(19)20(28)24-21-25-26-22(32-21)31-15-16-8-4-3-5-9-16/h3-5,8-11,14H,1-2,6-7,12-13,15H2,(H,24,25,28). The Morgan fingerprint density at radius 2 is 1.79 bits per heavy atom. The van der Waals surface area contributed by atoms with Crippen molar-refractivity contribution >= 4 is 55.8 Å². The van der Waals surface area contributed by atoms with Gasteiger partial charge in [-0.25, -0.2) is 8.42 Å². The van der Waals surface area contributed by atoms with Gasteiger partial charge in [0.2, 0.25) is 15.2 Å². The number of nitrogens with zero attached hydrogens (tertiary/aromatic N) is 3. The van der Waals surface area contributed by atoms with E-state index in [1.54, 1.807) is 0 Å². The van der Waals surface area contributed by atoms with Crippen LogP contribution in [-0.2, 0) is 15.8 Å². The summed E-state index contributed by atoms with van der Waals surface area (Å²) in [7, 11) is -3.69. The second kappa shape index (κ2) is 11.0. The maximum Gasteiger partial charge on any atom is 0.259 e. The molecule has 1 saturated heterocycles. The maximum absolute atomic E-state index is 13.1. The molecule has 7 nitrogen and oxygen atoms in total. The number of halogens is 1. The van der Waals surface area contributed by atoms with Crippen molar-refractivity contribution in [1.29, 1.82) is 0 Å². The summed E-state index contributed by atoms with van der Waals surface area (Å²) < 4.78 is 28.4. The molecule has 0 atom stereocenters. The second-order valence-electron chi connectivity index (χ2n) is 7.56. The van der Waals surface area contributed by atoms with E-state index in [9.17, 15) is 13.2 Å². The lowest BCUT2D eigenvalue weighted by Crippen LogP contribution is -2.32. The summed E-state index contributed by atoms with van der Waals surface area (Å²) in [5.74, 6) is 0.217. The number of amides is 1. The van der Waals surface area contributed by atoms with Crippen molar-refractivity contribution in [3.8, 4) is 0 Å². The van der Waals surface area contributed by atoms with Crippen molar-refractivity contribution in [2.24, 2.45) is 0 Å². The number of hydrogen-bond donors (Lipinski definition) is 1. The van der Waals surface area contributed by atoms with Gasteiger partial charge in [-0.1, -0.05) is 77.9 Å². The lowest BCUT2D eigenvalue weighted by molar-refractivity contribution is 0.102. The molecule has 2 heterocycles. The minimum absolute atomic E-state index is 0.0651. The van der Waals surface area contributed by atoms with Crippen LogP contribution in [0.2, 0.25) is 5.02 Å². The third-order valence-electron chi connectivity index (χ3n) is 5.22. The minimum atomic E-state index is -3.69. The van der Waals surface area contributed by atoms with Gasteiger partial charge in [0, 0.05) is 18.8 Å². The SMILES string of the molecule is O=C(Nc1nnc(SCc2ccccc2)s1)c1cc(S(=O)(=O)N2CCCCCC2)ccc1Cl. The third-order valence-corrected chi connectivity index (χ3v) is 9.48. The molecule has 1 aliphatic heterocycles. The van der Waals surface area contributed by atoms with Crippen LogP contribution in [0.15, 0.2) is 57.8 Å². The normalized spacial score (nSPS) is 15.2. The number of thioether (sulfide) groups is 1. The van der Waals surface area contributed by atoms with Crippen LogP contribution in [0.3, 0.4) is 0 Å². The van der Waals surface area contributed by atoms with Crippen molar-refractivity contribution in [3.63, 3.8) is 0 Å². The Labute approximate surface area is 206 Å². The molecule has 33 heavy (non-hydrogen) atoms. The molecule has 0 radical (unpaired) electrons. The molecule has 0 spiro atoms. The van der Waals surface area contributed by atoms with Crippen molar-refractivity contribution in [2.75, 3.05) is 18.4 Å². The number of anilines is 1. The van der Waals surface area contributed by atoms with Crippen LogP contribution >= 0.6 is 34.7 Å². The van der Waals surface area contributed by atoms with E-state index in [1.165, 1.54) is 45.6 Å². The van der Waals surface area contributed by atoms with Crippen LogP contribution in [0.5, 0.6) is 0 Å². The topological polar surface area (TPSA) is 92.3 Å².